The van der Waals surface area contributed by atoms with E-state index in [-0.39, 0.29) is 0 Å². The number of hydrogen-bond acceptors (Lipinski definition) is 7. The van der Waals surface area contributed by atoms with Gasteiger partial charge in [-0.25, -0.2) is 4.98 Å². The van der Waals surface area contributed by atoms with Gasteiger partial charge in [0, 0.05) is 41.7 Å². The van der Waals surface area contributed by atoms with E-state index in [1.54, 1.807) is 27.4 Å². The lowest BCUT2D eigenvalue weighted by atomic mass is 10.0. The Hall–Kier alpha value is -3.97. The zero-order valence-electron chi connectivity index (χ0n) is 21.0. The Kier molecular flexibility index (Phi) is 6.57. The largest absolute Gasteiger partial charge is 0.508 e. The third kappa shape index (κ3) is 4.38. The van der Waals surface area contributed by atoms with Crippen molar-refractivity contribution in [1.82, 2.24) is 9.88 Å². The molecular formula is C29H30N2O5. The Morgan fingerprint density at radius 3 is 2.44 bits per heavy atom. The summed E-state index contributed by atoms with van der Waals surface area (Å²) in [7, 11) is 4.96. The number of ether oxygens (including phenoxy) is 4. The Bertz CT molecular complexity index is 1420. The maximum Gasteiger partial charge on any atom is 0.165 e. The highest BCUT2D eigenvalue weighted by Crippen LogP contribution is 2.41. The molecule has 1 aromatic heterocycles. The Morgan fingerprint density at radius 2 is 1.69 bits per heavy atom. The maximum atomic E-state index is 10.3. The second-order valence-corrected chi connectivity index (χ2v) is 8.87. The molecule has 36 heavy (non-hydrogen) atoms. The molecule has 0 radical (unpaired) electrons. The molecule has 1 aliphatic rings. The molecule has 0 saturated heterocycles. The van der Waals surface area contributed by atoms with Gasteiger partial charge in [0.1, 0.15) is 29.4 Å². The van der Waals surface area contributed by atoms with E-state index in [0.29, 0.717) is 36.9 Å². The first-order valence-electron chi connectivity index (χ1n) is 11.9. The van der Waals surface area contributed by atoms with Gasteiger partial charge in [0.05, 0.1) is 27.0 Å². The molecule has 0 bridgehead atoms. The van der Waals surface area contributed by atoms with Crippen LogP contribution in [0.25, 0.3) is 22.2 Å². The minimum absolute atomic E-state index is 0.300. The highest BCUT2D eigenvalue weighted by atomic mass is 16.5. The van der Waals surface area contributed by atoms with E-state index in [1.165, 1.54) is 0 Å². The van der Waals surface area contributed by atoms with E-state index in [4.69, 9.17) is 23.9 Å². The van der Waals surface area contributed by atoms with Gasteiger partial charge in [-0.1, -0.05) is 18.2 Å². The molecule has 0 aliphatic carbocycles. The molecule has 0 amide bonds. The van der Waals surface area contributed by atoms with Crippen LogP contribution in [0.2, 0.25) is 0 Å². The van der Waals surface area contributed by atoms with Crippen LogP contribution in [0.3, 0.4) is 0 Å². The molecule has 0 spiro atoms. The predicted octanol–water partition coefficient (Wildman–Crippen LogP) is 5.34. The summed E-state index contributed by atoms with van der Waals surface area (Å²) >= 11 is 0. The molecule has 4 aromatic rings. The zero-order valence-corrected chi connectivity index (χ0v) is 21.0. The van der Waals surface area contributed by atoms with Crippen molar-refractivity contribution in [2.24, 2.45) is 0 Å². The van der Waals surface area contributed by atoms with Crippen molar-refractivity contribution in [3.8, 4) is 40.0 Å². The number of para-hydroxylation sites is 1. The summed E-state index contributed by atoms with van der Waals surface area (Å²) in [5.74, 6) is 3.17. The topological polar surface area (TPSA) is 73.3 Å². The minimum atomic E-state index is 0.300. The van der Waals surface area contributed by atoms with Gasteiger partial charge in [0.2, 0.25) is 0 Å². The summed E-state index contributed by atoms with van der Waals surface area (Å²) in [6.45, 7) is 4.57. The average Bonchev–Trinajstić information content (AvgIpc) is 3.10. The van der Waals surface area contributed by atoms with Crippen molar-refractivity contribution < 1.29 is 24.1 Å². The Labute approximate surface area is 210 Å². The fourth-order valence-corrected chi connectivity index (χ4v) is 4.82. The van der Waals surface area contributed by atoms with Crippen molar-refractivity contribution in [2.45, 2.75) is 20.0 Å². The van der Waals surface area contributed by atoms with Gasteiger partial charge in [-0.3, -0.25) is 4.90 Å². The monoisotopic (exact) mass is 486 g/mol. The highest BCUT2D eigenvalue weighted by Gasteiger charge is 2.22. The minimum Gasteiger partial charge on any atom is -0.508 e. The normalized spacial score (nSPS) is 13.6. The number of pyridine rings is 1. The lowest BCUT2D eigenvalue weighted by Gasteiger charge is -2.20. The summed E-state index contributed by atoms with van der Waals surface area (Å²) in [5, 5.41) is 11.2. The van der Waals surface area contributed by atoms with Crippen LogP contribution in [0.5, 0.6) is 28.7 Å². The van der Waals surface area contributed by atoms with Crippen molar-refractivity contribution in [2.75, 3.05) is 34.5 Å². The van der Waals surface area contributed by atoms with Crippen LogP contribution in [0.1, 0.15) is 16.7 Å². The number of aryl methyl sites for hydroxylation is 1. The molecule has 2 heterocycles. The van der Waals surface area contributed by atoms with Gasteiger partial charge in [-0.05, 0) is 48.9 Å². The predicted molar refractivity (Wildman–Crippen MR) is 139 cm³/mol. The van der Waals surface area contributed by atoms with Gasteiger partial charge in [0.15, 0.2) is 11.5 Å². The van der Waals surface area contributed by atoms with Crippen LogP contribution >= 0.6 is 0 Å². The fourth-order valence-electron chi connectivity index (χ4n) is 4.82. The molecule has 186 valence electrons. The van der Waals surface area contributed by atoms with Gasteiger partial charge >= 0.3 is 0 Å². The first-order valence-corrected chi connectivity index (χ1v) is 11.9. The molecule has 1 aliphatic heterocycles. The van der Waals surface area contributed by atoms with E-state index in [2.05, 4.69) is 17.0 Å². The molecule has 1 N–H and O–H groups in total. The van der Waals surface area contributed by atoms with Gasteiger partial charge in [-0.15, -0.1) is 0 Å². The molecule has 5 rings (SSSR count). The number of methoxy groups -OCH3 is 3. The lowest BCUT2D eigenvalue weighted by Crippen LogP contribution is -2.25. The third-order valence-corrected chi connectivity index (χ3v) is 6.60. The van der Waals surface area contributed by atoms with Gasteiger partial charge in [-0.2, -0.15) is 0 Å². The summed E-state index contributed by atoms with van der Waals surface area (Å²) in [4.78, 5) is 7.24. The van der Waals surface area contributed by atoms with Crippen LogP contribution in [-0.4, -0.2) is 49.5 Å². The molecule has 0 atom stereocenters. The number of nitrogens with zero attached hydrogens (tertiary/aromatic N) is 2. The van der Waals surface area contributed by atoms with Crippen LogP contribution in [0, 0.1) is 6.92 Å². The lowest BCUT2D eigenvalue weighted by molar-refractivity contribution is 0.215. The SMILES string of the molecule is COc1cc(-c2cc(C)c3c(OC)ccc(OC)c3n2)cc2c1OCCN(Cc1ccccc1O)C2. The first-order chi connectivity index (χ1) is 17.5. The van der Waals surface area contributed by atoms with E-state index in [1.807, 2.05) is 43.3 Å². The van der Waals surface area contributed by atoms with Crippen molar-refractivity contribution in [1.29, 1.82) is 0 Å². The van der Waals surface area contributed by atoms with E-state index in [0.717, 1.165) is 56.9 Å². The Morgan fingerprint density at radius 1 is 0.944 bits per heavy atom. The van der Waals surface area contributed by atoms with E-state index < -0.39 is 0 Å². The number of fused-ring (bicyclic) bond motifs is 2. The summed E-state index contributed by atoms with van der Waals surface area (Å²) < 4.78 is 23.1. The Balaban J connectivity index is 1.58. The quantitative estimate of drug-likeness (QED) is 0.395. The smallest absolute Gasteiger partial charge is 0.165 e. The third-order valence-electron chi connectivity index (χ3n) is 6.60. The fraction of sp³-hybridized carbons (Fsp3) is 0.276. The maximum absolute atomic E-state index is 10.3. The molecule has 0 fully saturated rings. The van der Waals surface area contributed by atoms with Gasteiger partial charge in [0.25, 0.3) is 0 Å². The summed E-state index contributed by atoms with van der Waals surface area (Å²) in [6, 6.07) is 17.4. The van der Waals surface area contributed by atoms with Crippen molar-refractivity contribution in [3.05, 3.63) is 71.3 Å². The average molecular weight is 487 g/mol. The van der Waals surface area contributed by atoms with Crippen LogP contribution in [0.15, 0.2) is 54.6 Å². The molecule has 3 aromatic carbocycles. The number of benzene rings is 3. The standard InChI is InChI=1S/C29H30N2O5/c1-18-13-22(30-28-25(34-3)10-9-24(33-2)27(18)28)20-14-21-17-31(16-19-7-5-6-8-23(19)32)11-12-36-29(21)26(15-20)35-4/h5-10,13-15,32H,11-12,16-17H2,1-4H3. The molecule has 0 saturated carbocycles. The number of aromatic hydroxyl groups is 1. The first kappa shape index (κ1) is 23.8. The highest BCUT2D eigenvalue weighted by molar-refractivity contribution is 5.94. The second-order valence-electron chi connectivity index (χ2n) is 8.87. The van der Waals surface area contributed by atoms with Crippen molar-refractivity contribution in [3.63, 3.8) is 0 Å². The number of hydrogen-bond donors (Lipinski definition) is 1. The van der Waals surface area contributed by atoms with Gasteiger partial charge < -0.3 is 24.1 Å². The number of rotatable bonds is 6. The van der Waals surface area contributed by atoms with Crippen LogP contribution in [-0.2, 0) is 13.1 Å². The molecule has 7 heteroatoms. The number of phenolic OH excluding ortho intramolecular Hbond substituents is 1. The molecule has 0 unspecified atom stereocenters. The van der Waals surface area contributed by atoms with Crippen LogP contribution < -0.4 is 18.9 Å². The van der Waals surface area contributed by atoms with E-state index in [9.17, 15) is 5.11 Å². The zero-order chi connectivity index (χ0) is 25.2. The van der Waals surface area contributed by atoms with Crippen molar-refractivity contribution >= 4 is 10.9 Å². The molecule has 7 nitrogen and oxygen atoms in total. The number of aromatic nitrogens is 1. The van der Waals surface area contributed by atoms with Crippen LogP contribution in [0.4, 0.5) is 0 Å². The second kappa shape index (κ2) is 9.95. The summed E-state index contributed by atoms with van der Waals surface area (Å²) in [5.41, 5.74) is 5.42. The van der Waals surface area contributed by atoms with E-state index >= 15 is 0 Å². The summed E-state index contributed by atoms with van der Waals surface area (Å²) in [6.07, 6.45) is 0. The number of phenols is 1. The molecular weight excluding hydrogens is 456 g/mol.